The number of aromatic amines is 1. The van der Waals surface area contributed by atoms with Gasteiger partial charge >= 0.3 is 0 Å². The molecular formula is C23H27ClN4O3. The van der Waals surface area contributed by atoms with Gasteiger partial charge < -0.3 is 20.5 Å². The number of aromatic nitrogens is 1. The smallest absolute Gasteiger partial charge is 0.267 e. The van der Waals surface area contributed by atoms with Crippen LogP contribution in [0, 0.1) is 18.8 Å². The lowest BCUT2D eigenvalue weighted by Crippen LogP contribution is -2.36. The lowest BCUT2D eigenvalue weighted by Gasteiger charge is -2.23. The molecule has 1 aromatic carbocycles. The first kappa shape index (κ1) is 21.6. The Hall–Kier alpha value is -2.64. The number of fused-ring (bicyclic) bond motifs is 1. The molecule has 164 valence electrons. The van der Waals surface area contributed by atoms with Crippen LogP contribution in [0.4, 0.5) is 0 Å². The highest BCUT2D eigenvalue weighted by molar-refractivity contribution is 6.34. The number of halogens is 1. The van der Waals surface area contributed by atoms with Gasteiger partial charge in [-0.3, -0.25) is 14.4 Å². The highest BCUT2D eigenvalue weighted by atomic mass is 35.5. The number of nitrogens with zero attached hydrogens (tertiary/aromatic N) is 2. The van der Waals surface area contributed by atoms with Crippen LogP contribution in [-0.4, -0.2) is 59.3 Å². The van der Waals surface area contributed by atoms with E-state index in [1.54, 1.807) is 11.8 Å². The summed E-state index contributed by atoms with van der Waals surface area (Å²) in [5.74, 6) is -0.339. The highest BCUT2D eigenvalue weighted by Crippen LogP contribution is 2.33. The van der Waals surface area contributed by atoms with Crippen molar-refractivity contribution in [3.63, 3.8) is 0 Å². The summed E-state index contributed by atoms with van der Waals surface area (Å²) in [5.41, 5.74) is 6.41. The summed E-state index contributed by atoms with van der Waals surface area (Å²) >= 11 is 6.00. The number of H-pyrrole nitrogens is 1. The number of hydrogen-bond acceptors (Lipinski definition) is 4. The van der Waals surface area contributed by atoms with Crippen LogP contribution in [0.5, 0.6) is 0 Å². The number of hydrogen-bond donors (Lipinski definition) is 2. The molecule has 0 radical (unpaired) electrons. The molecule has 0 aliphatic carbocycles. The Morgan fingerprint density at radius 1 is 1.10 bits per heavy atom. The van der Waals surface area contributed by atoms with E-state index in [1.165, 1.54) is 5.56 Å². The first-order chi connectivity index (χ1) is 14.8. The van der Waals surface area contributed by atoms with Crippen molar-refractivity contribution in [1.82, 2.24) is 14.8 Å². The summed E-state index contributed by atoms with van der Waals surface area (Å²) in [4.78, 5) is 43.8. The van der Waals surface area contributed by atoms with E-state index in [2.05, 4.69) is 34.1 Å². The molecule has 1 unspecified atom stereocenters. The van der Waals surface area contributed by atoms with E-state index >= 15 is 0 Å². The van der Waals surface area contributed by atoms with Gasteiger partial charge in [0.15, 0.2) is 0 Å². The van der Waals surface area contributed by atoms with E-state index in [0.29, 0.717) is 30.6 Å². The molecular weight excluding hydrogens is 416 g/mol. The minimum atomic E-state index is -0.869. The monoisotopic (exact) mass is 442 g/mol. The normalized spacial score (nSPS) is 20.8. The van der Waals surface area contributed by atoms with Crippen LogP contribution in [0.15, 0.2) is 35.1 Å². The van der Waals surface area contributed by atoms with Crippen molar-refractivity contribution < 1.29 is 9.59 Å². The molecule has 1 aromatic heterocycles. The topological polar surface area (TPSA) is 99.5 Å². The van der Waals surface area contributed by atoms with Crippen molar-refractivity contribution in [1.29, 1.82) is 0 Å². The van der Waals surface area contributed by atoms with Crippen molar-refractivity contribution in [2.75, 3.05) is 32.7 Å². The minimum Gasteiger partial charge on any atom is -0.366 e. The van der Waals surface area contributed by atoms with Gasteiger partial charge in [-0.05, 0) is 43.7 Å². The van der Waals surface area contributed by atoms with Gasteiger partial charge in [0.1, 0.15) is 5.02 Å². The Labute approximate surface area is 186 Å². The summed E-state index contributed by atoms with van der Waals surface area (Å²) in [5, 5.41) is -0.328. The maximum Gasteiger partial charge on any atom is 0.267 e. The van der Waals surface area contributed by atoms with Gasteiger partial charge in [-0.25, -0.2) is 0 Å². The van der Waals surface area contributed by atoms with Crippen molar-refractivity contribution >= 4 is 23.4 Å². The van der Waals surface area contributed by atoms with Crippen LogP contribution in [0.1, 0.15) is 38.4 Å². The number of aryl methyl sites for hydroxylation is 2. The maximum absolute atomic E-state index is 13.2. The van der Waals surface area contributed by atoms with Crippen molar-refractivity contribution in [3.05, 3.63) is 68.1 Å². The average Bonchev–Trinajstić information content (AvgIpc) is 3.29. The predicted molar refractivity (Wildman–Crippen MR) is 119 cm³/mol. The second-order valence-electron chi connectivity index (χ2n) is 8.59. The third-order valence-corrected chi connectivity index (χ3v) is 6.80. The Balaban J connectivity index is 1.38. The second-order valence-corrected chi connectivity index (χ2v) is 8.96. The highest BCUT2D eigenvalue weighted by Gasteiger charge is 2.42. The molecule has 2 atom stereocenters. The van der Waals surface area contributed by atoms with E-state index in [0.717, 1.165) is 32.5 Å². The lowest BCUT2D eigenvalue weighted by atomic mass is 10.0. The summed E-state index contributed by atoms with van der Waals surface area (Å²) in [6, 6.07) is 10.5. The molecule has 7 nitrogen and oxygen atoms in total. The molecule has 0 saturated carbocycles. The second kappa shape index (κ2) is 8.85. The SMILES string of the molecule is Cc1[nH]c(=O)c(Cl)c(C(N)=O)c1C(=O)N1CC2CN(CCCc3ccccc3)C[C@H]2C1. The molecule has 3 heterocycles. The zero-order valence-electron chi connectivity index (χ0n) is 17.6. The minimum absolute atomic E-state index is 0.108. The molecule has 2 fully saturated rings. The molecule has 2 amide bonds. The third-order valence-electron chi connectivity index (χ3n) is 6.44. The molecule has 2 aliphatic heterocycles. The van der Waals surface area contributed by atoms with Crippen LogP contribution in [0.3, 0.4) is 0 Å². The van der Waals surface area contributed by atoms with Gasteiger partial charge in [-0.1, -0.05) is 41.9 Å². The quantitative estimate of drug-likeness (QED) is 0.715. The number of carbonyl (C=O) groups excluding carboxylic acids is 2. The zero-order valence-corrected chi connectivity index (χ0v) is 18.3. The molecule has 31 heavy (non-hydrogen) atoms. The van der Waals surface area contributed by atoms with E-state index in [1.807, 2.05) is 6.07 Å². The lowest BCUT2D eigenvalue weighted by molar-refractivity contribution is 0.0767. The Kier molecular flexibility index (Phi) is 6.16. The molecule has 3 N–H and O–H groups in total. The summed E-state index contributed by atoms with van der Waals surface area (Å²) in [6.45, 7) is 5.84. The first-order valence-corrected chi connectivity index (χ1v) is 11.0. The molecule has 4 rings (SSSR count). The van der Waals surface area contributed by atoms with Gasteiger partial charge in [-0.15, -0.1) is 0 Å². The van der Waals surface area contributed by atoms with E-state index < -0.39 is 11.5 Å². The standard InChI is InChI=1S/C23H27ClN4O3/c1-14-18(19(21(25)29)20(24)22(30)26-14)23(31)28-12-16-10-27(11-17(16)13-28)9-5-8-15-6-3-2-4-7-15/h2-4,6-7,16-17H,5,8-13H2,1H3,(H2,25,29)(H,26,30)/t16-,17?/m0/s1. The van der Waals surface area contributed by atoms with Crippen molar-refractivity contribution in [2.24, 2.45) is 17.6 Å². The average molecular weight is 443 g/mol. The predicted octanol–water partition coefficient (Wildman–Crippen LogP) is 2.07. The number of benzene rings is 1. The number of carbonyl (C=O) groups is 2. The van der Waals surface area contributed by atoms with E-state index in [-0.39, 0.29) is 22.1 Å². The number of primary amides is 1. The third kappa shape index (κ3) is 4.38. The Morgan fingerprint density at radius 2 is 1.74 bits per heavy atom. The van der Waals surface area contributed by atoms with Gasteiger partial charge in [0.05, 0.1) is 11.1 Å². The first-order valence-electron chi connectivity index (χ1n) is 10.6. The fourth-order valence-electron chi connectivity index (χ4n) is 4.95. The van der Waals surface area contributed by atoms with Crippen LogP contribution in [0.25, 0.3) is 0 Å². The van der Waals surface area contributed by atoms with Gasteiger partial charge in [0.25, 0.3) is 17.4 Å². The van der Waals surface area contributed by atoms with Gasteiger partial charge in [-0.2, -0.15) is 0 Å². The van der Waals surface area contributed by atoms with E-state index in [4.69, 9.17) is 17.3 Å². The van der Waals surface area contributed by atoms with E-state index in [9.17, 15) is 14.4 Å². The molecule has 0 bridgehead atoms. The van der Waals surface area contributed by atoms with Gasteiger partial charge in [0.2, 0.25) is 0 Å². The van der Waals surface area contributed by atoms with Crippen LogP contribution < -0.4 is 11.3 Å². The number of rotatable bonds is 6. The molecule has 2 aromatic rings. The fraction of sp³-hybridized carbons (Fsp3) is 0.435. The van der Waals surface area contributed by atoms with Gasteiger partial charge in [0, 0.05) is 31.9 Å². The maximum atomic E-state index is 13.2. The summed E-state index contributed by atoms with van der Waals surface area (Å²) in [6.07, 6.45) is 2.18. The number of likely N-dealkylation sites (tertiary alicyclic amines) is 2. The number of pyridine rings is 1. The Bertz CT molecular complexity index is 1040. The molecule has 0 spiro atoms. The molecule has 2 saturated heterocycles. The zero-order chi connectivity index (χ0) is 22.1. The van der Waals surface area contributed by atoms with Crippen molar-refractivity contribution in [2.45, 2.75) is 19.8 Å². The molecule has 2 aliphatic rings. The molecule has 8 heteroatoms. The van der Waals surface area contributed by atoms with Crippen LogP contribution in [0.2, 0.25) is 5.02 Å². The Morgan fingerprint density at radius 3 is 2.35 bits per heavy atom. The largest absolute Gasteiger partial charge is 0.366 e. The van der Waals surface area contributed by atoms with Crippen molar-refractivity contribution in [3.8, 4) is 0 Å². The fourth-order valence-corrected chi connectivity index (χ4v) is 5.18. The van der Waals surface area contributed by atoms with Crippen LogP contribution in [-0.2, 0) is 6.42 Å². The number of nitrogens with one attached hydrogen (secondary N) is 1. The number of amides is 2. The van der Waals surface area contributed by atoms with Crippen LogP contribution >= 0.6 is 11.6 Å². The summed E-state index contributed by atoms with van der Waals surface area (Å²) < 4.78 is 0. The number of nitrogens with two attached hydrogens (primary N) is 1. The summed E-state index contributed by atoms with van der Waals surface area (Å²) in [7, 11) is 0.